The molecule has 5 rings (SSSR count). The molecule has 2 aliphatic rings. The van der Waals surface area contributed by atoms with Gasteiger partial charge in [0, 0.05) is 16.8 Å². The van der Waals surface area contributed by atoms with Gasteiger partial charge in [-0.2, -0.15) is 0 Å². The van der Waals surface area contributed by atoms with Gasteiger partial charge in [-0.3, -0.25) is 4.79 Å². The molecule has 1 aliphatic heterocycles. The molecule has 0 bridgehead atoms. The lowest BCUT2D eigenvalue weighted by Crippen LogP contribution is -2.47. The lowest BCUT2D eigenvalue weighted by Gasteiger charge is -2.46. The molecule has 178 valence electrons. The van der Waals surface area contributed by atoms with Gasteiger partial charge < -0.3 is 19.9 Å². The second-order valence-corrected chi connectivity index (χ2v) is 9.91. The van der Waals surface area contributed by atoms with Crippen LogP contribution in [0.15, 0.2) is 18.3 Å². The Bertz CT molecular complexity index is 1240. The number of aryl methyl sites for hydroxylation is 1. The highest BCUT2D eigenvalue weighted by molar-refractivity contribution is 7.16. The lowest BCUT2D eigenvalue weighted by molar-refractivity contribution is -0.173. The standard InChI is InChI=1S/C23H24ClN5O4S/c1-12-9-15(14-10-17(24)26-11-16(14)31-2)18(20(25)30)19(27-12)21-28-29-22(34-21)33-13-3-5-23(6-4-13)7-8-32-23/h9-11,13H,3-8H2,1-2H3,(H2,25,30). The zero-order chi connectivity index (χ0) is 23.9. The molecule has 1 saturated heterocycles. The van der Waals surface area contributed by atoms with E-state index in [0.717, 1.165) is 38.7 Å². The van der Waals surface area contributed by atoms with Crippen molar-refractivity contribution in [2.45, 2.75) is 50.7 Å². The average molecular weight is 502 g/mol. The van der Waals surface area contributed by atoms with Crippen LogP contribution in [0.3, 0.4) is 0 Å². The van der Waals surface area contributed by atoms with Crippen LogP contribution >= 0.6 is 22.9 Å². The SMILES string of the molecule is COc1cnc(Cl)cc1-c1cc(C)nc(-c2nnc(OC3CCC4(CCO4)CC3)s2)c1C(N)=O. The number of amides is 1. The van der Waals surface area contributed by atoms with Gasteiger partial charge in [0.25, 0.3) is 11.1 Å². The number of hydrogen-bond donors (Lipinski definition) is 1. The second kappa shape index (κ2) is 9.09. The van der Waals surface area contributed by atoms with Gasteiger partial charge in [0.05, 0.1) is 31.1 Å². The molecular formula is C23H24ClN5O4S. The molecule has 3 aromatic heterocycles. The zero-order valence-electron chi connectivity index (χ0n) is 18.8. The third-order valence-corrected chi connectivity index (χ3v) is 7.45. The minimum absolute atomic E-state index is 0.0653. The second-order valence-electron chi connectivity index (χ2n) is 8.58. The first-order valence-electron chi connectivity index (χ1n) is 11.0. The van der Waals surface area contributed by atoms with E-state index in [1.807, 2.05) is 6.92 Å². The Morgan fingerprint density at radius 2 is 2.00 bits per heavy atom. The number of carbonyl (C=O) groups is 1. The summed E-state index contributed by atoms with van der Waals surface area (Å²) in [6.45, 7) is 2.68. The van der Waals surface area contributed by atoms with Gasteiger partial charge >= 0.3 is 0 Å². The van der Waals surface area contributed by atoms with Crippen LogP contribution in [0.5, 0.6) is 10.9 Å². The van der Waals surface area contributed by atoms with Crippen molar-refractivity contribution in [2.75, 3.05) is 13.7 Å². The summed E-state index contributed by atoms with van der Waals surface area (Å²) >= 11 is 7.38. The molecule has 11 heteroatoms. The number of aromatic nitrogens is 4. The summed E-state index contributed by atoms with van der Waals surface area (Å²) in [5.41, 5.74) is 8.22. The van der Waals surface area contributed by atoms with Crippen LogP contribution in [0, 0.1) is 6.92 Å². The van der Waals surface area contributed by atoms with E-state index in [0.29, 0.717) is 38.5 Å². The highest BCUT2D eigenvalue weighted by Gasteiger charge is 2.42. The summed E-state index contributed by atoms with van der Waals surface area (Å²) < 4.78 is 17.3. The Morgan fingerprint density at radius 3 is 2.65 bits per heavy atom. The van der Waals surface area contributed by atoms with E-state index in [4.69, 9.17) is 31.5 Å². The normalized spacial score (nSPS) is 21.8. The van der Waals surface area contributed by atoms with Gasteiger partial charge in [-0.15, -0.1) is 5.10 Å². The van der Waals surface area contributed by atoms with Crippen LogP contribution in [0.4, 0.5) is 0 Å². The molecule has 1 spiro atoms. The number of primary amides is 1. The maximum absolute atomic E-state index is 12.6. The molecule has 9 nitrogen and oxygen atoms in total. The molecule has 0 radical (unpaired) electrons. The summed E-state index contributed by atoms with van der Waals surface area (Å²) in [6.07, 6.45) is 6.51. The minimum atomic E-state index is -0.650. The maximum atomic E-state index is 12.6. The maximum Gasteiger partial charge on any atom is 0.294 e. The summed E-state index contributed by atoms with van der Waals surface area (Å²) in [5, 5.41) is 9.62. The first kappa shape index (κ1) is 22.9. The predicted molar refractivity (Wildman–Crippen MR) is 127 cm³/mol. The van der Waals surface area contributed by atoms with Crippen molar-refractivity contribution < 1.29 is 19.0 Å². The van der Waals surface area contributed by atoms with E-state index in [2.05, 4.69) is 20.2 Å². The summed E-state index contributed by atoms with van der Waals surface area (Å²) in [6, 6.07) is 3.39. The number of carbonyl (C=O) groups excluding carboxylic acids is 1. The number of halogens is 1. The fourth-order valence-corrected chi connectivity index (χ4v) is 5.51. The number of pyridine rings is 2. The highest BCUT2D eigenvalue weighted by atomic mass is 35.5. The Balaban J connectivity index is 1.47. The molecule has 1 saturated carbocycles. The molecule has 1 amide bonds. The minimum Gasteiger partial charge on any atom is -0.494 e. The Kier molecular flexibility index (Phi) is 6.13. The van der Waals surface area contributed by atoms with Crippen molar-refractivity contribution in [2.24, 2.45) is 5.73 Å². The summed E-state index contributed by atoms with van der Waals surface area (Å²) in [4.78, 5) is 21.2. The van der Waals surface area contributed by atoms with Crippen LogP contribution < -0.4 is 15.2 Å². The van der Waals surface area contributed by atoms with Crippen molar-refractivity contribution in [3.05, 3.63) is 34.7 Å². The van der Waals surface area contributed by atoms with Crippen molar-refractivity contribution in [3.63, 3.8) is 0 Å². The van der Waals surface area contributed by atoms with Gasteiger partial charge in [-0.1, -0.05) is 28.0 Å². The Labute approximate surface area is 205 Å². The molecule has 0 aromatic carbocycles. The van der Waals surface area contributed by atoms with E-state index in [9.17, 15) is 4.79 Å². The fourth-order valence-electron chi connectivity index (χ4n) is 4.60. The summed E-state index contributed by atoms with van der Waals surface area (Å²) in [5.74, 6) is -0.196. The molecule has 34 heavy (non-hydrogen) atoms. The fraction of sp³-hybridized carbons (Fsp3) is 0.435. The molecule has 2 N–H and O–H groups in total. The highest BCUT2D eigenvalue weighted by Crippen LogP contribution is 2.42. The zero-order valence-corrected chi connectivity index (χ0v) is 20.4. The van der Waals surface area contributed by atoms with Crippen LogP contribution in [-0.4, -0.2) is 51.5 Å². The van der Waals surface area contributed by atoms with E-state index in [-0.39, 0.29) is 22.4 Å². The molecule has 2 fully saturated rings. The van der Waals surface area contributed by atoms with Crippen LogP contribution in [0.2, 0.25) is 5.15 Å². The number of nitrogens with two attached hydrogens (primary N) is 1. The third-order valence-electron chi connectivity index (χ3n) is 6.42. The molecule has 4 heterocycles. The van der Waals surface area contributed by atoms with E-state index in [1.165, 1.54) is 24.6 Å². The van der Waals surface area contributed by atoms with E-state index >= 15 is 0 Å². The van der Waals surface area contributed by atoms with Gasteiger partial charge in [0.2, 0.25) is 0 Å². The van der Waals surface area contributed by atoms with Crippen LogP contribution in [0.1, 0.15) is 48.2 Å². The average Bonchev–Trinajstić information content (AvgIpc) is 3.26. The van der Waals surface area contributed by atoms with Gasteiger partial charge in [-0.05, 0) is 51.2 Å². The molecule has 1 aliphatic carbocycles. The number of methoxy groups -OCH3 is 1. The number of hydrogen-bond acceptors (Lipinski definition) is 9. The molecular weight excluding hydrogens is 478 g/mol. The molecule has 0 atom stereocenters. The smallest absolute Gasteiger partial charge is 0.294 e. The first-order valence-corrected chi connectivity index (χ1v) is 12.2. The number of nitrogens with zero attached hydrogens (tertiary/aromatic N) is 4. The Hall–Kier alpha value is -2.82. The Morgan fingerprint density at radius 1 is 1.24 bits per heavy atom. The van der Waals surface area contributed by atoms with Crippen molar-refractivity contribution in [1.82, 2.24) is 20.2 Å². The predicted octanol–water partition coefficient (Wildman–Crippen LogP) is 4.21. The third kappa shape index (κ3) is 4.33. The summed E-state index contributed by atoms with van der Waals surface area (Å²) in [7, 11) is 1.52. The topological polar surface area (TPSA) is 122 Å². The van der Waals surface area contributed by atoms with Gasteiger partial charge in [0.1, 0.15) is 22.7 Å². The largest absolute Gasteiger partial charge is 0.494 e. The monoisotopic (exact) mass is 501 g/mol. The van der Waals surface area contributed by atoms with Gasteiger partial charge in [-0.25, -0.2) is 9.97 Å². The van der Waals surface area contributed by atoms with Gasteiger partial charge in [0.15, 0.2) is 5.01 Å². The molecule has 3 aromatic rings. The van der Waals surface area contributed by atoms with Crippen molar-refractivity contribution in [3.8, 4) is 32.8 Å². The lowest BCUT2D eigenvalue weighted by atomic mass is 9.78. The number of rotatable bonds is 6. The van der Waals surface area contributed by atoms with Crippen molar-refractivity contribution >= 4 is 28.8 Å². The quantitative estimate of drug-likeness (QED) is 0.498. The number of ether oxygens (including phenoxy) is 3. The van der Waals surface area contributed by atoms with Crippen molar-refractivity contribution in [1.29, 1.82) is 0 Å². The van der Waals surface area contributed by atoms with Crippen LogP contribution in [0.25, 0.3) is 21.8 Å². The van der Waals surface area contributed by atoms with E-state index in [1.54, 1.807) is 12.1 Å². The first-order chi connectivity index (χ1) is 16.4. The van der Waals surface area contributed by atoms with Crippen LogP contribution in [-0.2, 0) is 4.74 Å². The molecule has 0 unspecified atom stereocenters. The van der Waals surface area contributed by atoms with E-state index < -0.39 is 5.91 Å².